The first-order valence-electron chi connectivity index (χ1n) is 8.69. The van der Waals surface area contributed by atoms with Crippen molar-refractivity contribution in [2.24, 2.45) is 16.2 Å². The lowest BCUT2D eigenvalue weighted by molar-refractivity contribution is -0.114. The Morgan fingerprint density at radius 1 is 1.07 bits per heavy atom. The van der Waals surface area contributed by atoms with Gasteiger partial charge in [-0.05, 0) is 42.5 Å². The summed E-state index contributed by atoms with van der Waals surface area (Å²) >= 11 is 6.22. The van der Waals surface area contributed by atoms with Gasteiger partial charge < -0.3 is 9.30 Å². The van der Waals surface area contributed by atoms with Crippen LogP contribution < -0.4 is 16.0 Å². The topological polar surface area (TPSA) is 90.5 Å². The Bertz CT molecular complexity index is 1230. The third kappa shape index (κ3) is 3.08. The van der Waals surface area contributed by atoms with Crippen LogP contribution in [0.15, 0.2) is 71.0 Å². The fourth-order valence-electron chi connectivity index (χ4n) is 3.54. The summed E-state index contributed by atoms with van der Waals surface area (Å²) in [6.07, 6.45) is 0. The highest BCUT2D eigenvalue weighted by molar-refractivity contribution is 6.30. The fraction of sp³-hybridized carbons (Fsp3) is 0.0952. The van der Waals surface area contributed by atoms with Gasteiger partial charge in [0.1, 0.15) is 5.75 Å². The van der Waals surface area contributed by atoms with Gasteiger partial charge in [-0.25, -0.2) is 0 Å². The summed E-state index contributed by atoms with van der Waals surface area (Å²) in [5, 5.41) is 15.9. The Morgan fingerprint density at radius 3 is 2.64 bits per heavy atom. The standard InChI is InChI=1S/C21H18ClN5O/c1-28-20-9-7-15(22)10-14(20)12-27-18-5-3-2-4-16(18)17-11-13(6-8-19(17)27)21(23)25-26-24/h2-11H,12H2,1H3,(H3,23,24,25)/p+1. The second-order valence-electron chi connectivity index (χ2n) is 6.39. The lowest BCUT2D eigenvalue weighted by Crippen LogP contribution is -2.38. The highest BCUT2D eigenvalue weighted by Crippen LogP contribution is 2.32. The zero-order chi connectivity index (χ0) is 19.7. The van der Waals surface area contributed by atoms with Crippen molar-refractivity contribution in [1.82, 2.24) is 4.57 Å². The molecule has 4 N–H and O–H groups in total. The zero-order valence-corrected chi connectivity index (χ0v) is 16.0. The summed E-state index contributed by atoms with van der Waals surface area (Å²) in [5.74, 6) is 6.20. The van der Waals surface area contributed by atoms with Gasteiger partial charge in [-0.2, -0.15) is 0 Å². The molecule has 0 amide bonds. The van der Waals surface area contributed by atoms with Crippen LogP contribution >= 0.6 is 11.6 Å². The van der Waals surface area contributed by atoms with E-state index in [1.54, 1.807) is 7.11 Å². The van der Waals surface area contributed by atoms with Crippen molar-refractivity contribution in [3.63, 3.8) is 0 Å². The van der Waals surface area contributed by atoms with Crippen molar-refractivity contribution in [2.75, 3.05) is 7.11 Å². The van der Waals surface area contributed by atoms with Crippen LogP contribution in [0.3, 0.4) is 0 Å². The van der Waals surface area contributed by atoms with Crippen molar-refractivity contribution in [2.45, 2.75) is 6.54 Å². The number of methoxy groups -OCH3 is 1. The van der Waals surface area contributed by atoms with Crippen LogP contribution in [0, 0.1) is 0 Å². The summed E-state index contributed by atoms with van der Waals surface area (Å²) in [7, 11) is 1.66. The quantitative estimate of drug-likeness (QED) is 0.183. The summed E-state index contributed by atoms with van der Waals surface area (Å²) in [5.41, 5.74) is 3.95. The van der Waals surface area contributed by atoms with Gasteiger partial charge in [-0.15, -0.1) is 0 Å². The molecule has 0 radical (unpaired) electrons. The molecule has 4 rings (SSSR count). The van der Waals surface area contributed by atoms with Crippen LogP contribution in [0.4, 0.5) is 0 Å². The smallest absolute Gasteiger partial charge is 0.350 e. The Hall–Kier alpha value is -3.38. The molecule has 0 bridgehead atoms. The van der Waals surface area contributed by atoms with Crippen LogP contribution in [-0.2, 0) is 6.54 Å². The molecule has 140 valence electrons. The minimum atomic E-state index is 0.276. The summed E-state index contributed by atoms with van der Waals surface area (Å²) in [6.45, 7) is 0.620. The minimum absolute atomic E-state index is 0.276. The predicted octanol–water partition coefficient (Wildman–Crippen LogP) is 3.34. The first kappa shape index (κ1) is 18.0. The molecule has 0 saturated carbocycles. The molecule has 0 spiro atoms. The summed E-state index contributed by atoms with van der Waals surface area (Å²) < 4.78 is 7.76. The van der Waals surface area contributed by atoms with Crippen LogP contribution in [0.5, 0.6) is 5.75 Å². The monoisotopic (exact) mass is 392 g/mol. The van der Waals surface area contributed by atoms with E-state index in [4.69, 9.17) is 27.6 Å². The van der Waals surface area contributed by atoms with Gasteiger partial charge in [0.05, 0.1) is 24.3 Å². The molecule has 4 aromatic rings. The molecule has 1 heterocycles. The van der Waals surface area contributed by atoms with Crippen LogP contribution in [0.25, 0.3) is 21.8 Å². The van der Waals surface area contributed by atoms with Gasteiger partial charge >= 0.3 is 5.84 Å². The maximum Gasteiger partial charge on any atom is 0.350 e. The molecule has 0 fully saturated rings. The molecule has 1 aromatic heterocycles. The Balaban J connectivity index is 1.93. The number of rotatable bonds is 4. The largest absolute Gasteiger partial charge is 0.496 e. The van der Waals surface area contributed by atoms with Crippen molar-refractivity contribution in [3.05, 3.63) is 76.8 Å². The molecule has 7 heteroatoms. The number of benzene rings is 3. The second kappa shape index (κ2) is 7.32. The van der Waals surface area contributed by atoms with Crippen LogP contribution in [0.1, 0.15) is 11.1 Å². The first-order chi connectivity index (χ1) is 13.6. The number of nitrogens with zero attached hydrogens (tertiary/aromatic N) is 3. The number of halogens is 1. The van der Waals surface area contributed by atoms with E-state index in [1.807, 2.05) is 48.5 Å². The highest BCUT2D eigenvalue weighted by atomic mass is 35.5. The number of aromatic nitrogens is 1. The van der Waals surface area contributed by atoms with E-state index in [0.717, 1.165) is 38.7 Å². The average Bonchev–Trinajstić information content (AvgIpc) is 3.02. The normalized spacial score (nSPS) is 11.5. The van der Waals surface area contributed by atoms with Crippen LogP contribution in [-0.4, -0.2) is 17.5 Å². The van der Waals surface area contributed by atoms with Crippen molar-refractivity contribution in [3.8, 4) is 5.75 Å². The average molecular weight is 393 g/mol. The van der Waals surface area contributed by atoms with E-state index >= 15 is 0 Å². The Morgan fingerprint density at radius 2 is 1.86 bits per heavy atom. The lowest BCUT2D eigenvalue weighted by atomic mass is 10.1. The maximum absolute atomic E-state index is 6.22. The molecule has 0 aliphatic carbocycles. The minimum Gasteiger partial charge on any atom is -0.496 e. The maximum atomic E-state index is 6.22. The molecule has 3 aromatic carbocycles. The van der Waals surface area contributed by atoms with E-state index in [0.29, 0.717) is 11.6 Å². The molecule has 0 aliphatic heterocycles. The molecule has 0 atom stereocenters. The number of hydrogen-bond donors (Lipinski definition) is 2. The number of para-hydroxylation sites is 1. The van der Waals surface area contributed by atoms with Crippen molar-refractivity contribution in [1.29, 1.82) is 0 Å². The number of fused-ring (bicyclic) bond motifs is 3. The molecular formula is C21H19ClN5O+. The van der Waals surface area contributed by atoms with Gasteiger partial charge in [0.2, 0.25) is 0 Å². The van der Waals surface area contributed by atoms with E-state index in [2.05, 4.69) is 27.0 Å². The zero-order valence-electron chi connectivity index (χ0n) is 15.3. The second-order valence-corrected chi connectivity index (χ2v) is 6.83. The van der Waals surface area contributed by atoms with Gasteiger partial charge in [0.15, 0.2) is 0 Å². The van der Waals surface area contributed by atoms with E-state index in [9.17, 15) is 0 Å². The molecule has 0 aliphatic rings. The molecule has 0 saturated heterocycles. The number of ether oxygens (including phenoxy) is 1. The summed E-state index contributed by atoms with van der Waals surface area (Å²) in [6, 6.07) is 19.8. The number of amidine groups is 1. The highest BCUT2D eigenvalue weighted by Gasteiger charge is 2.16. The molecule has 28 heavy (non-hydrogen) atoms. The van der Waals surface area contributed by atoms with Gasteiger partial charge in [-0.3, -0.25) is 11.3 Å². The summed E-state index contributed by atoms with van der Waals surface area (Å²) in [4.78, 5) is 0. The van der Waals surface area contributed by atoms with Gasteiger partial charge in [0.25, 0.3) is 0 Å². The Kier molecular flexibility index (Phi) is 4.71. The van der Waals surface area contributed by atoms with Crippen molar-refractivity contribution < 1.29 is 10.1 Å². The van der Waals surface area contributed by atoms with Crippen LogP contribution in [0.2, 0.25) is 5.02 Å². The lowest BCUT2D eigenvalue weighted by Gasteiger charge is -2.12. The van der Waals surface area contributed by atoms with E-state index in [1.165, 1.54) is 0 Å². The fourth-order valence-corrected chi connectivity index (χ4v) is 3.74. The molecule has 6 nitrogen and oxygen atoms in total. The van der Waals surface area contributed by atoms with Crippen molar-refractivity contribution >= 4 is 39.2 Å². The SMILES string of the molecule is COc1ccc(Cl)cc1Cn1c2ccccc2c2cc(C(=[NH2+])N=NN)ccc21. The van der Waals surface area contributed by atoms with Gasteiger partial charge in [0, 0.05) is 37.6 Å². The third-order valence-corrected chi connectivity index (χ3v) is 5.04. The first-order valence-corrected chi connectivity index (χ1v) is 9.07. The van der Waals surface area contributed by atoms with E-state index in [-0.39, 0.29) is 5.84 Å². The number of hydrogen-bond acceptors (Lipinski definition) is 2. The van der Waals surface area contributed by atoms with Gasteiger partial charge in [-0.1, -0.05) is 29.8 Å². The molecule has 0 unspecified atom stereocenters. The number of nitrogens with two attached hydrogens (primary N) is 2. The Labute approximate surface area is 166 Å². The van der Waals surface area contributed by atoms with E-state index < -0.39 is 0 Å². The predicted molar refractivity (Wildman–Crippen MR) is 112 cm³/mol. The molecular weight excluding hydrogens is 374 g/mol. The third-order valence-electron chi connectivity index (χ3n) is 4.80.